The van der Waals surface area contributed by atoms with Crippen molar-refractivity contribution < 1.29 is 14.4 Å². The maximum Gasteiger partial charge on any atom is 0.265 e. The Morgan fingerprint density at radius 3 is 2.26 bits per heavy atom. The predicted octanol–water partition coefficient (Wildman–Crippen LogP) is 2.88. The van der Waals surface area contributed by atoms with Crippen molar-refractivity contribution in [3.8, 4) is 0 Å². The molecular formula is C23H20N4O3S. The van der Waals surface area contributed by atoms with Gasteiger partial charge in [-0.15, -0.1) is 0 Å². The van der Waals surface area contributed by atoms with E-state index in [9.17, 15) is 14.4 Å². The van der Waals surface area contributed by atoms with E-state index in [1.54, 1.807) is 30.9 Å². The van der Waals surface area contributed by atoms with Crippen LogP contribution in [0, 0.1) is 0 Å². The van der Waals surface area contributed by atoms with Crippen molar-refractivity contribution in [2.75, 3.05) is 19.4 Å². The molecule has 2 heterocycles. The SMILES string of the molecule is CN1C(=O)C(=Cc2cn(CC(=O)Nc3ccccc3)c3ccccc23)C(=O)N(C)C1=S. The minimum atomic E-state index is -0.452. The summed E-state index contributed by atoms with van der Waals surface area (Å²) < 4.78 is 1.80. The van der Waals surface area contributed by atoms with E-state index in [1.165, 1.54) is 9.80 Å². The van der Waals surface area contributed by atoms with E-state index < -0.39 is 11.8 Å². The van der Waals surface area contributed by atoms with Crippen molar-refractivity contribution in [3.05, 3.63) is 71.9 Å². The Bertz CT molecular complexity index is 1220. The van der Waals surface area contributed by atoms with Crippen molar-refractivity contribution in [3.63, 3.8) is 0 Å². The number of hydrogen-bond donors (Lipinski definition) is 1. The van der Waals surface area contributed by atoms with Gasteiger partial charge >= 0.3 is 0 Å². The number of likely N-dealkylation sites (N-methyl/N-ethyl adjacent to an activating group) is 2. The van der Waals surface area contributed by atoms with Crippen molar-refractivity contribution in [1.29, 1.82) is 0 Å². The summed E-state index contributed by atoms with van der Waals surface area (Å²) in [5, 5.41) is 3.86. The number of hydrogen-bond acceptors (Lipinski definition) is 4. The van der Waals surface area contributed by atoms with Gasteiger partial charge in [0, 0.05) is 42.4 Å². The van der Waals surface area contributed by atoms with Crippen LogP contribution in [0.15, 0.2) is 66.4 Å². The molecule has 1 fully saturated rings. The molecule has 1 saturated heterocycles. The third kappa shape index (κ3) is 3.85. The van der Waals surface area contributed by atoms with Crippen molar-refractivity contribution in [1.82, 2.24) is 14.4 Å². The van der Waals surface area contributed by atoms with Gasteiger partial charge in [-0.05, 0) is 36.5 Å². The Hall–Kier alpha value is -3.78. The topological polar surface area (TPSA) is 74.6 Å². The molecule has 1 N–H and O–H groups in total. The third-order valence-electron chi connectivity index (χ3n) is 5.13. The first kappa shape index (κ1) is 20.5. The maximum atomic E-state index is 12.7. The van der Waals surface area contributed by atoms with Gasteiger partial charge in [-0.1, -0.05) is 36.4 Å². The molecule has 156 valence electrons. The average molecular weight is 433 g/mol. The monoisotopic (exact) mass is 432 g/mol. The summed E-state index contributed by atoms with van der Waals surface area (Å²) in [4.78, 5) is 40.5. The van der Waals surface area contributed by atoms with Crippen LogP contribution in [-0.4, -0.2) is 51.3 Å². The quantitative estimate of drug-likeness (QED) is 0.391. The molecule has 3 aromatic rings. The smallest absolute Gasteiger partial charge is 0.265 e. The zero-order valence-electron chi connectivity index (χ0n) is 17.0. The normalized spacial score (nSPS) is 14.4. The molecule has 2 aromatic carbocycles. The lowest BCUT2D eigenvalue weighted by Gasteiger charge is -2.31. The number of nitrogens with one attached hydrogen (secondary N) is 1. The van der Waals surface area contributed by atoms with Crippen LogP contribution in [0.5, 0.6) is 0 Å². The number of nitrogens with zero attached hydrogens (tertiary/aromatic N) is 3. The molecule has 1 aromatic heterocycles. The van der Waals surface area contributed by atoms with Crippen molar-refractivity contribution in [2.45, 2.75) is 6.54 Å². The van der Waals surface area contributed by atoms with Gasteiger partial charge in [0.2, 0.25) is 5.91 Å². The Morgan fingerprint density at radius 1 is 0.968 bits per heavy atom. The fourth-order valence-electron chi connectivity index (χ4n) is 3.53. The molecule has 0 bridgehead atoms. The molecule has 1 aliphatic rings. The molecule has 8 heteroatoms. The second kappa shape index (κ2) is 8.16. The van der Waals surface area contributed by atoms with Crippen LogP contribution in [-0.2, 0) is 20.9 Å². The number of rotatable bonds is 4. The third-order valence-corrected chi connectivity index (χ3v) is 5.68. The summed E-state index contributed by atoms with van der Waals surface area (Å²) in [6.07, 6.45) is 3.34. The van der Waals surface area contributed by atoms with Gasteiger partial charge in [0.25, 0.3) is 11.8 Å². The summed E-state index contributed by atoms with van der Waals surface area (Å²) in [5.41, 5.74) is 2.24. The minimum absolute atomic E-state index is 0.0234. The fraction of sp³-hybridized carbons (Fsp3) is 0.130. The molecule has 7 nitrogen and oxygen atoms in total. The highest BCUT2D eigenvalue weighted by Crippen LogP contribution is 2.26. The van der Waals surface area contributed by atoms with Gasteiger partial charge in [0.15, 0.2) is 5.11 Å². The van der Waals surface area contributed by atoms with E-state index in [0.717, 1.165) is 10.9 Å². The summed E-state index contributed by atoms with van der Waals surface area (Å²) in [6.45, 7) is 0.0877. The lowest BCUT2D eigenvalue weighted by atomic mass is 10.1. The molecule has 31 heavy (non-hydrogen) atoms. The number of benzene rings is 2. The van der Waals surface area contributed by atoms with Crippen LogP contribution in [0.25, 0.3) is 17.0 Å². The van der Waals surface area contributed by atoms with Gasteiger partial charge < -0.3 is 9.88 Å². The molecule has 0 saturated carbocycles. The van der Waals surface area contributed by atoms with Gasteiger partial charge in [-0.2, -0.15) is 0 Å². The first-order chi connectivity index (χ1) is 14.9. The number of amides is 3. The minimum Gasteiger partial charge on any atom is -0.337 e. The first-order valence-corrected chi connectivity index (χ1v) is 10.0. The Kier molecular flexibility index (Phi) is 5.39. The number of fused-ring (bicyclic) bond motifs is 1. The van der Waals surface area contributed by atoms with Crippen molar-refractivity contribution in [2.24, 2.45) is 0 Å². The van der Waals surface area contributed by atoms with E-state index >= 15 is 0 Å². The number of aromatic nitrogens is 1. The molecule has 4 rings (SSSR count). The molecule has 0 unspecified atom stereocenters. The van der Waals surface area contributed by atoms with Crippen LogP contribution in [0.1, 0.15) is 5.56 Å². The van der Waals surface area contributed by atoms with Crippen molar-refractivity contribution >= 4 is 57.7 Å². The predicted molar refractivity (Wildman–Crippen MR) is 123 cm³/mol. The highest BCUT2D eigenvalue weighted by atomic mass is 32.1. The van der Waals surface area contributed by atoms with Crippen LogP contribution in [0.3, 0.4) is 0 Å². The fourth-order valence-corrected chi connectivity index (χ4v) is 3.69. The Balaban J connectivity index is 1.69. The number of anilines is 1. The average Bonchev–Trinajstić information content (AvgIpc) is 3.12. The zero-order valence-corrected chi connectivity index (χ0v) is 17.8. The zero-order chi connectivity index (χ0) is 22.1. The van der Waals surface area contributed by atoms with Crippen LogP contribution in [0.4, 0.5) is 5.69 Å². The highest BCUT2D eigenvalue weighted by molar-refractivity contribution is 7.80. The second-order valence-electron chi connectivity index (χ2n) is 7.21. The Labute approximate surface area is 184 Å². The van der Waals surface area contributed by atoms with Gasteiger partial charge in [-0.25, -0.2) is 0 Å². The summed E-state index contributed by atoms with van der Waals surface area (Å²) in [5.74, 6) is -1.08. The molecule has 0 spiro atoms. The first-order valence-electron chi connectivity index (χ1n) is 9.61. The number of para-hydroxylation sites is 2. The summed E-state index contributed by atoms with van der Waals surface area (Å²) in [6, 6.07) is 16.8. The highest BCUT2D eigenvalue weighted by Gasteiger charge is 2.35. The van der Waals surface area contributed by atoms with E-state index in [0.29, 0.717) is 11.3 Å². The standard InChI is InChI=1S/C23H20N4O3S/c1-25-21(29)18(22(30)26(2)23(25)31)12-15-13-27(19-11-7-6-10-17(15)19)14-20(28)24-16-8-4-3-5-9-16/h3-13H,14H2,1-2H3,(H,24,28). The van der Waals surface area contributed by atoms with Gasteiger partial charge in [-0.3, -0.25) is 24.2 Å². The number of carbonyl (C=O) groups excluding carboxylic acids is 3. The molecule has 1 aliphatic heterocycles. The maximum absolute atomic E-state index is 12.7. The van der Waals surface area contributed by atoms with E-state index in [-0.39, 0.29) is 23.1 Å². The number of carbonyl (C=O) groups is 3. The molecule has 0 aliphatic carbocycles. The Morgan fingerprint density at radius 2 is 1.58 bits per heavy atom. The largest absolute Gasteiger partial charge is 0.337 e. The van der Waals surface area contributed by atoms with Crippen LogP contribution >= 0.6 is 12.2 Å². The van der Waals surface area contributed by atoms with E-state index in [2.05, 4.69) is 5.32 Å². The summed E-state index contributed by atoms with van der Waals surface area (Å²) in [7, 11) is 3.08. The molecule has 3 amide bonds. The van der Waals surface area contributed by atoms with Gasteiger partial charge in [0.05, 0.1) is 0 Å². The molecule has 0 radical (unpaired) electrons. The van der Waals surface area contributed by atoms with Gasteiger partial charge in [0.1, 0.15) is 12.1 Å². The van der Waals surface area contributed by atoms with E-state index in [4.69, 9.17) is 12.2 Å². The lowest BCUT2D eigenvalue weighted by Crippen LogP contribution is -2.52. The van der Waals surface area contributed by atoms with Crippen LogP contribution in [0.2, 0.25) is 0 Å². The lowest BCUT2D eigenvalue weighted by molar-refractivity contribution is -0.132. The summed E-state index contributed by atoms with van der Waals surface area (Å²) >= 11 is 5.14. The molecular weight excluding hydrogens is 412 g/mol. The second-order valence-corrected chi connectivity index (χ2v) is 7.58. The number of thiocarbonyl (C=S) groups is 1. The van der Waals surface area contributed by atoms with Crippen LogP contribution < -0.4 is 5.32 Å². The molecule has 0 atom stereocenters. The van der Waals surface area contributed by atoms with E-state index in [1.807, 2.05) is 54.6 Å².